The summed E-state index contributed by atoms with van der Waals surface area (Å²) in [6.45, 7) is 0. The van der Waals surface area contributed by atoms with Crippen LogP contribution in [0.3, 0.4) is 0 Å². The molecule has 2 aromatic carbocycles. The van der Waals surface area contributed by atoms with Crippen molar-refractivity contribution in [3.8, 4) is 0 Å². The summed E-state index contributed by atoms with van der Waals surface area (Å²) in [5.74, 6) is 0. The fourth-order valence-electron chi connectivity index (χ4n) is 1.75. The molecule has 2 rings (SSSR count). The van der Waals surface area contributed by atoms with Gasteiger partial charge >= 0.3 is 0 Å². The number of hydrogen-bond acceptors (Lipinski definition) is 5. The standard InChI is InChI=1S/C13H13NO6S3/c1-21(15)11-5-3-6-12(9-11)22(16,17)14-10-4-2-7-13(8-10)23(18,19)20/h2-9,14H,1H3,(H,18,19,20). The van der Waals surface area contributed by atoms with Crippen LogP contribution in [0, 0.1) is 0 Å². The normalized spacial score (nSPS) is 13.5. The third-order valence-corrected chi connectivity index (χ3v) is 5.98. The zero-order valence-corrected chi connectivity index (χ0v) is 14.3. The summed E-state index contributed by atoms with van der Waals surface area (Å²) in [6.07, 6.45) is 1.43. The lowest BCUT2D eigenvalue weighted by molar-refractivity contribution is 0.483. The Morgan fingerprint density at radius 2 is 1.57 bits per heavy atom. The number of hydrogen-bond donors (Lipinski definition) is 2. The van der Waals surface area contributed by atoms with Gasteiger partial charge in [0, 0.05) is 22.0 Å². The van der Waals surface area contributed by atoms with Gasteiger partial charge in [-0.25, -0.2) is 8.42 Å². The van der Waals surface area contributed by atoms with Crippen LogP contribution in [0.5, 0.6) is 0 Å². The third-order valence-electron chi connectivity index (χ3n) is 2.83. The van der Waals surface area contributed by atoms with Gasteiger partial charge in [-0.1, -0.05) is 12.1 Å². The Labute approximate surface area is 136 Å². The van der Waals surface area contributed by atoms with Crippen LogP contribution < -0.4 is 4.72 Å². The van der Waals surface area contributed by atoms with Gasteiger partial charge in [-0.15, -0.1) is 0 Å². The molecule has 0 radical (unpaired) electrons. The lowest BCUT2D eigenvalue weighted by atomic mass is 10.3. The first-order chi connectivity index (χ1) is 10.6. The molecule has 124 valence electrons. The summed E-state index contributed by atoms with van der Waals surface area (Å²) in [5.41, 5.74) is -0.0249. The summed E-state index contributed by atoms with van der Waals surface area (Å²) < 4.78 is 69.4. The maximum absolute atomic E-state index is 12.3. The second-order valence-corrected chi connectivity index (χ2v) is 9.02. The zero-order valence-electron chi connectivity index (χ0n) is 11.8. The predicted molar refractivity (Wildman–Crippen MR) is 85.8 cm³/mol. The molecule has 0 aliphatic carbocycles. The lowest BCUT2D eigenvalue weighted by Crippen LogP contribution is -2.13. The van der Waals surface area contributed by atoms with E-state index < -0.39 is 35.8 Å². The summed E-state index contributed by atoms with van der Waals surface area (Å²) in [5, 5.41) is 0. The first-order valence-electron chi connectivity index (χ1n) is 6.13. The van der Waals surface area contributed by atoms with Crippen molar-refractivity contribution in [1.82, 2.24) is 0 Å². The van der Waals surface area contributed by atoms with Gasteiger partial charge in [0.05, 0.1) is 15.5 Å². The van der Waals surface area contributed by atoms with E-state index in [1.54, 1.807) is 0 Å². The lowest BCUT2D eigenvalue weighted by Gasteiger charge is -2.09. The van der Waals surface area contributed by atoms with Crippen molar-refractivity contribution in [3.05, 3.63) is 48.5 Å². The van der Waals surface area contributed by atoms with E-state index in [-0.39, 0.29) is 10.6 Å². The minimum Gasteiger partial charge on any atom is -0.282 e. The molecule has 0 fully saturated rings. The van der Waals surface area contributed by atoms with Crippen LogP contribution in [0.25, 0.3) is 0 Å². The molecule has 2 N–H and O–H groups in total. The Kier molecular flexibility index (Phi) is 4.90. The summed E-state index contributed by atoms with van der Waals surface area (Å²) in [6, 6.07) is 10.3. The number of benzene rings is 2. The van der Waals surface area contributed by atoms with Crippen molar-refractivity contribution in [3.63, 3.8) is 0 Å². The van der Waals surface area contributed by atoms with E-state index >= 15 is 0 Å². The highest BCUT2D eigenvalue weighted by molar-refractivity contribution is 7.92. The topological polar surface area (TPSA) is 118 Å². The van der Waals surface area contributed by atoms with Gasteiger partial charge in [0.25, 0.3) is 20.1 Å². The van der Waals surface area contributed by atoms with Gasteiger partial charge in [-0.2, -0.15) is 8.42 Å². The Morgan fingerprint density at radius 1 is 0.957 bits per heavy atom. The number of sulfonamides is 1. The van der Waals surface area contributed by atoms with Crippen LogP contribution >= 0.6 is 0 Å². The molecule has 0 saturated carbocycles. The SMILES string of the molecule is CS(=O)c1cccc(S(=O)(=O)Nc2cccc(S(=O)(=O)O)c2)c1. The third kappa shape index (κ3) is 4.38. The number of anilines is 1. The zero-order chi connectivity index (χ0) is 17.3. The maximum Gasteiger partial charge on any atom is 0.294 e. The number of rotatable bonds is 5. The van der Waals surface area contributed by atoms with Crippen LogP contribution in [0.15, 0.2) is 63.2 Å². The highest BCUT2D eigenvalue weighted by Crippen LogP contribution is 2.20. The molecule has 0 aliphatic rings. The van der Waals surface area contributed by atoms with E-state index in [1.807, 2.05) is 0 Å². The van der Waals surface area contributed by atoms with Crippen molar-refractivity contribution in [2.75, 3.05) is 11.0 Å². The quantitative estimate of drug-likeness (QED) is 0.764. The van der Waals surface area contributed by atoms with Gasteiger partial charge in [0.2, 0.25) is 0 Å². The molecule has 0 saturated heterocycles. The number of nitrogens with one attached hydrogen (secondary N) is 1. The smallest absolute Gasteiger partial charge is 0.282 e. The molecule has 1 unspecified atom stereocenters. The highest BCUT2D eigenvalue weighted by atomic mass is 32.2. The van der Waals surface area contributed by atoms with E-state index in [0.717, 1.165) is 12.1 Å². The van der Waals surface area contributed by atoms with Crippen molar-refractivity contribution >= 4 is 36.6 Å². The van der Waals surface area contributed by atoms with Crippen molar-refractivity contribution < 1.29 is 25.6 Å². The minimum absolute atomic E-state index is 0.0249. The Bertz CT molecular complexity index is 967. The molecule has 0 aliphatic heterocycles. The minimum atomic E-state index is -4.44. The molecule has 0 bridgehead atoms. The van der Waals surface area contributed by atoms with E-state index in [0.29, 0.717) is 4.90 Å². The Morgan fingerprint density at radius 3 is 2.17 bits per heavy atom. The van der Waals surface area contributed by atoms with E-state index in [1.165, 1.54) is 42.7 Å². The highest BCUT2D eigenvalue weighted by Gasteiger charge is 2.17. The molecule has 10 heteroatoms. The van der Waals surface area contributed by atoms with Crippen molar-refractivity contribution in [2.24, 2.45) is 0 Å². The summed E-state index contributed by atoms with van der Waals surface area (Å²) in [4.78, 5) is -0.192. The summed E-state index contributed by atoms with van der Waals surface area (Å²) >= 11 is 0. The molecule has 23 heavy (non-hydrogen) atoms. The molecule has 2 aromatic rings. The van der Waals surface area contributed by atoms with Crippen molar-refractivity contribution in [1.29, 1.82) is 0 Å². The second-order valence-electron chi connectivity index (χ2n) is 4.54. The largest absolute Gasteiger partial charge is 0.294 e. The fraction of sp³-hybridized carbons (Fsp3) is 0.0769. The first-order valence-corrected chi connectivity index (χ1v) is 10.6. The molecule has 7 nitrogen and oxygen atoms in total. The van der Waals surface area contributed by atoms with E-state index in [2.05, 4.69) is 4.72 Å². The van der Waals surface area contributed by atoms with Crippen LogP contribution in [0.4, 0.5) is 5.69 Å². The van der Waals surface area contributed by atoms with E-state index in [9.17, 15) is 21.0 Å². The Balaban J connectivity index is 2.39. The maximum atomic E-state index is 12.3. The van der Waals surface area contributed by atoms with Crippen LogP contribution in [-0.4, -0.2) is 31.9 Å². The van der Waals surface area contributed by atoms with E-state index in [4.69, 9.17) is 4.55 Å². The molecular weight excluding hydrogens is 362 g/mol. The van der Waals surface area contributed by atoms with Gasteiger partial charge in [0.1, 0.15) is 0 Å². The first kappa shape index (κ1) is 17.6. The van der Waals surface area contributed by atoms with Gasteiger partial charge < -0.3 is 0 Å². The molecular formula is C13H13NO6S3. The monoisotopic (exact) mass is 375 g/mol. The van der Waals surface area contributed by atoms with Crippen LogP contribution in [-0.2, 0) is 30.9 Å². The Hall–Kier alpha value is -1.75. The summed E-state index contributed by atoms with van der Waals surface area (Å²) in [7, 11) is -9.77. The molecule has 0 spiro atoms. The van der Waals surface area contributed by atoms with Gasteiger partial charge in [0.15, 0.2) is 0 Å². The van der Waals surface area contributed by atoms with Crippen molar-refractivity contribution in [2.45, 2.75) is 14.7 Å². The predicted octanol–water partition coefficient (Wildman–Crippen LogP) is 1.47. The molecule has 1 atom stereocenters. The van der Waals surface area contributed by atoms with Crippen LogP contribution in [0.2, 0.25) is 0 Å². The van der Waals surface area contributed by atoms with Gasteiger partial charge in [-0.3, -0.25) is 13.5 Å². The molecule has 0 aromatic heterocycles. The average Bonchev–Trinajstić information content (AvgIpc) is 2.46. The fourth-order valence-corrected chi connectivity index (χ4v) is 4.01. The van der Waals surface area contributed by atoms with Crippen LogP contribution in [0.1, 0.15) is 0 Å². The van der Waals surface area contributed by atoms with Gasteiger partial charge in [-0.05, 0) is 36.4 Å². The second kappa shape index (κ2) is 6.40. The molecule has 0 heterocycles. The average molecular weight is 375 g/mol. The molecule has 0 amide bonds.